The van der Waals surface area contributed by atoms with Gasteiger partial charge < -0.3 is 0 Å². The zero-order chi connectivity index (χ0) is 13.0. The lowest BCUT2D eigenvalue weighted by Gasteiger charge is -2.08. The lowest BCUT2D eigenvalue weighted by atomic mass is 10.1. The Morgan fingerprint density at radius 3 is 2.61 bits per heavy atom. The molecule has 0 spiro atoms. The van der Waals surface area contributed by atoms with Crippen molar-refractivity contribution in [2.24, 2.45) is 0 Å². The monoisotopic (exact) mass is 342 g/mol. The minimum absolute atomic E-state index is 0.468. The predicted molar refractivity (Wildman–Crippen MR) is 82.0 cm³/mol. The molecule has 1 aromatic carbocycles. The Labute approximate surface area is 124 Å². The van der Waals surface area contributed by atoms with Gasteiger partial charge in [-0.3, -0.25) is 0 Å². The van der Waals surface area contributed by atoms with Crippen LogP contribution in [0.4, 0.5) is 0 Å². The SMILES string of the molecule is CCSCc1nc(Cl)c(Br)c(-c2ccccc2)n1. The summed E-state index contributed by atoms with van der Waals surface area (Å²) >= 11 is 11.4. The smallest absolute Gasteiger partial charge is 0.147 e. The van der Waals surface area contributed by atoms with E-state index in [9.17, 15) is 0 Å². The van der Waals surface area contributed by atoms with Gasteiger partial charge in [0.05, 0.1) is 15.9 Å². The first kappa shape index (κ1) is 13.8. The molecule has 2 aromatic rings. The third kappa shape index (κ3) is 3.25. The summed E-state index contributed by atoms with van der Waals surface area (Å²) in [6.45, 7) is 2.11. The maximum atomic E-state index is 6.14. The Balaban J connectivity index is 2.43. The molecule has 1 heterocycles. The highest BCUT2D eigenvalue weighted by Gasteiger charge is 2.12. The predicted octanol–water partition coefficient (Wildman–Crippen LogP) is 4.81. The molecule has 0 aliphatic heterocycles. The highest BCUT2D eigenvalue weighted by Crippen LogP contribution is 2.31. The normalized spacial score (nSPS) is 10.6. The summed E-state index contributed by atoms with van der Waals surface area (Å²) in [6.07, 6.45) is 0. The molecule has 0 bridgehead atoms. The molecule has 0 fully saturated rings. The van der Waals surface area contributed by atoms with Crippen molar-refractivity contribution in [2.45, 2.75) is 12.7 Å². The van der Waals surface area contributed by atoms with Gasteiger partial charge in [-0.2, -0.15) is 11.8 Å². The van der Waals surface area contributed by atoms with Crippen molar-refractivity contribution in [3.8, 4) is 11.3 Å². The standard InChI is InChI=1S/C13H12BrClN2S/c1-2-18-8-10-16-12(11(14)13(15)17-10)9-6-4-3-5-7-9/h3-7H,2,8H2,1H3. The lowest BCUT2D eigenvalue weighted by molar-refractivity contribution is 1.03. The molecule has 0 amide bonds. The van der Waals surface area contributed by atoms with E-state index in [4.69, 9.17) is 11.6 Å². The molecule has 5 heteroatoms. The van der Waals surface area contributed by atoms with Crippen molar-refractivity contribution >= 4 is 39.3 Å². The summed E-state index contributed by atoms with van der Waals surface area (Å²) in [5, 5.41) is 0.468. The van der Waals surface area contributed by atoms with Crippen LogP contribution >= 0.6 is 39.3 Å². The summed E-state index contributed by atoms with van der Waals surface area (Å²) in [7, 11) is 0. The number of aromatic nitrogens is 2. The molecule has 0 radical (unpaired) electrons. The maximum Gasteiger partial charge on any atom is 0.147 e. The third-order valence-corrected chi connectivity index (χ3v) is 4.46. The van der Waals surface area contributed by atoms with Gasteiger partial charge in [0.15, 0.2) is 0 Å². The topological polar surface area (TPSA) is 25.8 Å². The van der Waals surface area contributed by atoms with Gasteiger partial charge in [0.25, 0.3) is 0 Å². The number of nitrogens with zero attached hydrogens (tertiary/aromatic N) is 2. The Morgan fingerprint density at radius 1 is 1.22 bits per heavy atom. The zero-order valence-corrected chi connectivity index (χ0v) is 13.0. The van der Waals surface area contributed by atoms with Gasteiger partial charge in [-0.15, -0.1) is 0 Å². The van der Waals surface area contributed by atoms with E-state index in [1.54, 1.807) is 11.8 Å². The third-order valence-electron chi connectivity index (χ3n) is 2.34. The second-order valence-corrected chi connectivity index (χ2v) is 6.02. The molecular formula is C13H12BrClN2S. The van der Waals surface area contributed by atoms with Crippen LogP contribution in [0.2, 0.25) is 5.15 Å². The van der Waals surface area contributed by atoms with Gasteiger partial charge in [-0.25, -0.2) is 9.97 Å². The average Bonchev–Trinajstić information content (AvgIpc) is 2.41. The Hall–Kier alpha value is -0.580. The molecule has 0 aliphatic carbocycles. The van der Waals surface area contributed by atoms with Crippen molar-refractivity contribution in [1.29, 1.82) is 0 Å². The zero-order valence-electron chi connectivity index (χ0n) is 9.86. The molecule has 1 aromatic heterocycles. The van der Waals surface area contributed by atoms with Crippen LogP contribution < -0.4 is 0 Å². The molecule has 0 unspecified atom stereocenters. The quantitative estimate of drug-likeness (QED) is 0.745. The first-order valence-corrected chi connectivity index (χ1v) is 7.90. The molecule has 94 valence electrons. The highest BCUT2D eigenvalue weighted by atomic mass is 79.9. The molecular weight excluding hydrogens is 332 g/mol. The lowest BCUT2D eigenvalue weighted by Crippen LogP contribution is -1.98. The van der Waals surface area contributed by atoms with Crippen molar-refractivity contribution in [3.63, 3.8) is 0 Å². The molecule has 0 atom stereocenters. The second kappa shape index (κ2) is 6.55. The minimum Gasteiger partial charge on any atom is -0.231 e. The fourth-order valence-electron chi connectivity index (χ4n) is 1.51. The van der Waals surface area contributed by atoms with Crippen LogP contribution in [-0.4, -0.2) is 15.7 Å². The van der Waals surface area contributed by atoms with E-state index in [1.807, 2.05) is 30.3 Å². The summed E-state index contributed by atoms with van der Waals surface area (Å²) < 4.78 is 0.751. The largest absolute Gasteiger partial charge is 0.231 e. The Bertz CT molecular complexity index is 534. The number of halogens is 2. The first-order chi connectivity index (χ1) is 8.72. The van der Waals surface area contributed by atoms with Crippen molar-refractivity contribution < 1.29 is 0 Å². The molecule has 0 saturated heterocycles. The average molecular weight is 344 g/mol. The summed E-state index contributed by atoms with van der Waals surface area (Å²) in [5.74, 6) is 2.59. The highest BCUT2D eigenvalue weighted by molar-refractivity contribution is 9.10. The molecule has 0 N–H and O–H groups in total. The molecule has 2 rings (SSSR count). The molecule has 0 aliphatic rings. The van der Waals surface area contributed by atoms with Crippen LogP contribution in [0.25, 0.3) is 11.3 Å². The van der Waals surface area contributed by atoms with Crippen LogP contribution in [0.1, 0.15) is 12.7 Å². The Morgan fingerprint density at radius 2 is 1.94 bits per heavy atom. The minimum atomic E-state index is 0.468. The van der Waals surface area contributed by atoms with E-state index in [0.29, 0.717) is 5.15 Å². The van der Waals surface area contributed by atoms with Crippen LogP contribution in [0, 0.1) is 0 Å². The molecule has 18 heavy (non-hydrogen) atoms. The van der Waals surface area contributed by atoms with E-state index in [-0.39, 0.29) is 0 Å². The number of benzene rings is 1. The second-order valence-electron chi connectivity index (χ2n) is 3.60. The number of hydrogen-bond acceptors (Lipinski definition) is 3. The van der Waals surface area contributed by atoms with Crippen molar-refractivity contribution in [2.75, 3.05) is 5.75 Å². The van der Waals surface area contributed by atoms with Crippen LogP contribution in [-0.2, 0) is 5.75 Å². The van der Waals surface area contributed by atoms with Crippen molar-refractivity contribution in [3.05, 3.63) is 45.8 Å². The van der Waals surface area contributed by atoms with E-state index < -0.39 is 0 Å². The van der Waals surface area contributed by atoms with Gasteiger partial charge >= 0.3 is 0 Å². The van der Waals surface area contributed by atoms with Crippen LogP contribution in [0.3, 0.4) is 0 Å². The van der Waals surface area contributed by atoms with E-state index >= 15 is 0 Å². The van der Waals surface area contributed by atoms with Gasteiger partial charge in [0.1, 0.15) is 11.0 Å². The van der Waals surface area contributed by atoms with E-state index in [1.165, 1.54) is 0 Å². The molecule has 0 saturated carbocycles. The Kier molecular flexibility index (Phi) is 5.03. The van der Waals surface area contributed by atoms with Gasteiger partial charge in [-0.1, -0.05) is 48.9 Å². The van der Waals surface area contributed by atoms with E-state index in [2.05, 4.69) is 32.8 Å². The van der Waals surface area contributed by atoms with Gasteiger partial charge in [0.2, 0.25) is 0 Å². The fraction of sp³-hybridized carbons (Fsp3) is 0.231. The summed E-state index contributed by atoms with van der Waals surface area (Å²) in [5.41, 5.74) is 1.89. The maximum absolute atomic E-state index is 6.14. The first-order valence-electron chi connectivity index (χ1n) is 5.57. The van der Waals surface area contributed by atoms with Crippen LogP contribution in [0.15, 0.2) is 34.8 Å². The fourth-order valence-corrected chi connectivity index (χ4v) is 2.62. The van der Waals surface area contributed by atoms with Crippen molar-refractivity contribution in [1.82, 2.24) is 9.97 Å². The summed E-state index contributed by atoms with van der Waals surface area (Å²) in [6, 6.07) is 9.98. The van der Waals surface area contributed by atoms with Crippen LogP contribution in [0.5, 0.6) is 0 Å². The molecule has 2 nitrogen and oxygen atoms in total. The number of hydrogen-bond donors (Lipinski definition) is 0. The summed E-state index contributed by atoms with van der Waals surface area (Å²) in [4.78, 5) is 8.86. The number of rotatable bonds is 4. The van der Waals surface area contributed by atoms with Gasteiger partial charge in [0, 0.05) is 5.56 Å². The number of thioether (sulfide) groups is 1. The van der Waals surface area contributed by atoms with Gasteiger partial charge in [-0.05, 0) is 21.7 Å². The van der Waals surface area contributed by atoms with E-state index in [0.717, 1.165) is 33.1 Å².